The lowest BCUT2D eigenvalue weighted by Crippen LogP contribution is -2.41. The average Bonchev–Trinajstić information content (AvgIpc) is 2.01. The third kappa shape index (κ3) is 1.97. The van der Waals surface area contributed by atoms with Crippen LogP contribution in [0.1, 0.15) is 0 Å². The number of hydrogen-bond donors (Lipinski definition) is 0. The zero-order valence-corrected chi connectivity index (χ0v) is 7.81. The van der Waals surface area contributed by atoms with Gasteiger partial charge in [0.05, 0.1) is 0 Å². The molecule has 3 unspecified atom stereocenters. The highest BCUT2D eigenvalue weighted by molar-refractivity contribution is 6.32. The van der Waals surface area contributed by atoms with Gasteiger partial charge in [-0.1, -0.05) is 11.6 Å². The number of rotatable bonds is 0. The van der Waals surface area contributed by atoms with Gasteiger partial charge in [0.2, 0.25) is 5.56 Å². The fourth-order valence-corrected chi connectivity index (χ4v) is 1.18. The van der Waals surface area contributed by atoms with E-state index in [2.05, 4.69) is 9.47 Å². The summed E-state index contributed by atoms with van der Waals surface area (Å²) in [7, 11) is 0. The Hall–Kier alpha value is 0.510. The molecule has 0 aromatic carbocycles. The summed E-state index contributed by atoms with van der Waals surface area (Å²) in [6, 6.07) is 0. The van der Waals surface area contributed by atoms with Gasteiger partial charge in [0.1, 0.15) is 0 Å². The number of alkyl halides is 7. The maximum Gasteiger partial charge on any atom is 0.460 e. The van der Waals surface area contributed by atoms with Gasteiger partial charge < -0.3 is 4.74 Å². The van der Waals surface area contributed by atoms with E-state index in [4.69, 9.17) is 34.8 Å². The second kappa shape index (κ2) is 3.00. The van der Waals surface area contributed by atoms with E-state index < -0.39 is 22.3 Å². The van der Waals surface area contributed by atoms with Crippen molar-refractivity contribution in [2.24, 2.45) is 0 Å². The highest BCUT2D eigenvalue weighted by Crippen LogP contribution is 2.51. The van der Waals surface area contributed by atoms with E-state index in [1.807, 2.05) is 0 Å². The molecule has 0 aromatic rings. The molecular formula is C4HCl3F4O2. The van der Waals surface area contributed by atoms with Crippen LogP contribution in [0.4, 0.5) is 17.6 Å². The average molecular weight is 263 g/mol. The van der Waals surface area contributed by atoms with Crippen LogP contribution < -0.4 is 0 Å². The van der Waals surface area contributed by atoms with Crippen LogP contribution in [-0.4, -0.2) is 22.3 Å². The molecule has 0 spiro atoms. The first-order valence-electron chi connectivity index (χ1n) is 2.74. The first-order chi connectivity index (χ1) is 5.58. The van der Waals surface area contributed by atoms with Crippen molar-refractivity contribution in [1.82, 2.24) is 0 Å². The normalized spacial score (nSPS) is 46.8. The lowest BCUT2D eigenvalue weighted by atomic mass is 10.6. The minimum atomic E-state index is -5.13. The van der Waals surface area contributed by atoms with Crippen LogP contribution >= 0.6 is 34.8 Å². The van der Waals surface area contributed by atoms with Crippen LogP contribution in [0.25, 0.3) is 0 Å². The molecular weight excluding hydrogens is 262 g/mol. The van der Waals surface area contributed by atoms with Crippen molar-refractivity contribution in [2.75, 3.05) is 0 Å². The first kappa shape index (κ1) is 11.6. The first-order valence-corrected chi connectivity index (χ1v) is 3.93. The molecule has 13 heavy (non-hydrogen) atoms. The van der Waals surface area contributed by atoms with Crippen molar-refractivity contribution < 1.29 is 27.0 Å². The SMILES string of the molecule is FC1(Cl)OC(Cl)(C(F)(F)F)OC1Cl. The molecule has 1 fully saturated rings. The molecule has 2 nitrogen and oxygen atoms in total. The van der Waals surface area contributed by atoms with E-state index in [1.54, 1.807) is 0 Å². The Morgan fingerprint density at radius 3 is 1.85 bits per heavy atom. The van der Waals surface area contributed by atoms with Gasteiger partial charge >= 0.3 is 16.7 Å². The molecule has 3 atom stereocenters. The van der Waals surface area contributed by atoms with Crippen LogP contribution in [-0.2, 0) is 9.47 Å². The zero-order chi connectivity index (χ0) is 10.5. The summed E-state index contributed by atoms with van der Waals surface area (Å²) < 4.78 is 56.1. The Labute approximate surface area is 84.6 Å². The van der Waals surface area contributed by atoms with Crippen LogP contribution in [0.15, 0.2) is 0 Å². The number of halogens is 7. The monoisotopic (exact) mass is 262 g/mol. The summed E-state index contributed by atoms with van der Waals surface area (Å²) in [6.07, 6.45) is -5.13. The maximum atomic E-state index is 12.7. The Morgan fingerprint density at radius 2 is 1.69 bits per heavy atom. The molecule has 0 aliphatic carbocycles. The van der Waals surface area contributed by atoms with E-state index >= 15 is 0 Å². The molecule has 0 amide bonds. The summed E-state index contributed by atoms with van der Waals surface area (Å²) in [5.41, 5.74) is -2.13. The molecule has 1 aliphatic heterocycles. The van der Waals surface area contributed by atoms with Crippen LogP contribution in [0.2, 0.25) is 0 Å². The van der Waals surface area contributed by atoms with E-state index in [-0.39, 0.29) is 0 Å². The summed E-state index contributed by atoms with van der Waals surface area (Å²) in [6.45, 7) is 0. The minimum Gasteiger partial charge on any atom is -0.303 e. The van der Waals surface area contributed by atoms with Gasteiger partial charge in [0, 0.05) is 0 Å². The Balaban J connectivity index is 2.89. The zero-order valence-electron chi connectivity index (χ0n) is 5.54. The van der Waals surface area contributed by atoms with Crippen molar-refractivity contribution in [3.8, 4) is 0 Å². The molecule has 9 heteroatoms. The van der Waals surface area contributed by atoms with E-state index in [0.717, 1.165) is 0 Å². The van der Waals surface area contributed by atoms with Crippen molar-refractivity contribution >= 4 is 34.8 Å². The highest BCUT2D eigenvalue weighted by atomic mass is 35.5. The second-order valence-corrected chi connectivity index (χ2v) is 3.54. The summed E-state index contributed by atoms with van der Waals surface area (Å²) in [5.74, 6) is 0. The fraction of sp³-hybridized carbons (Fsp3) is 1.00. The van der Waals surface area contributed by atoms with E-state index in [1.165, 1.54) is 0 Å². The van der Waals surface area contributed by atoms with Crippen molar-refractivity contribution in [1.29, 1.82) is 0 Å². The molecule has 0 saturated carbocycles. The van der Waals surface area contributed by atoms with Gasteiger partial charge in [-0.15, -0.1) is 0 Å². The Morgan fingerprint density at radius 1 is 1.23 bits per heavy atom. The molecule has 1 rings (SSSR count). The van der Waals surface area contributed by atoms with Crippen LogP contribution in [0, 0.1) is 0 Å². The topological polar surface area (TPSA) is 18.5 Å². The summed E-state index contributed by atoms with van der Waals surface area (Å²) in [5, 5.41) is -6.92. The van der Waals surface area contributed by atoms with Crippen molar-refractivity contribution in [2.45, 2.75) is 22.3 Å². The Bertz CT molecular complexity index is 217. The van der Waals surface area contributed by atoms with Crippen molar-refractivity contribution in [3.63, 3.8) is 0 Å². The largest absolute Gasteiger partial charge is 0.460 e. The minimum absolute atomic E-state index is 2.13. The van der Waals surface area contributed by atoms with Crippen molar-refractivity contribution in [3.05, 3.63) is 0 Å². The molecule has 1 aliphatic rings. The second-order valence-electron chi connectivity index (χ2n) is 2.13. The molecule has 1 heterocycles. The van der Waals surface area contributed by atoms with Crippen LogP contribution in [0.3, 0.4) is 0 Å². The predicted octanol–water partition coefficient (Wildman–Crippen LogP) is 2.92. The molecule has 0 aromatic heterocycles. The number of hydrogen-bond acceptors (Lipinski definition) is 2. The van der Waals surface area contributed by atoms with E-state index in [9.17, 15) is 17.6 Å². The van der Waals surface area contributed by atoms with Gasteiger partial charge in [-0.3, -0.25) is 4.74 Å². The molecule has 78 valence electrons. The standard InChI is InChI=1S/C4HCl3F4O2/c5-1-2(6,8)13-3(7,12-1)4(9,10)11/h1H. The number of ether oxygens (including phenoxy) is 2. The Kier molecular flexibility index (Phi) is 2.67. The quantitative estimate of drug-likeness (QED) is 0.494. The maximum absolute atomic E-state index is 12.7. The third-order valence-corrected chi connectivity index (χ3v) is 2.26. The summed E-state index contributed by atoms with van der Waals surface area (Å²) in [4.78, 5) is 0. The van der Waals surface area contributed by atoms with Gasteiger partial charge in [0.15, 0.2) is 0 Å². The third-order valence-electron chi connectivity index (χ3n) is 1.13. The molecule has 0 radical (unpaired) electrons. The lowest BCUT2D eigenvalue weighted by molar-refractivity contribution is -0.313. The van der Waals surface area contributed by atoms with E-state index in [0.29, 0.717) is 0 Å². The highest BCUT2D eigenvalue weighted by Gasteiger charge is 2.69. The predicted molar refractivity (Wildman–Crippen MR) is 36.1 cm³/mol. The molecule has 1 saturated heterocycles. The van der Waals surface area contributed by atoms with Crippen LogP contribution in [0.5, 0.6) is 0 Å². The van der Waals surface area contributed by atoms with Gasteiger partial charge in [-0.05, 0) is 23.2 Å². The van der Waals surface area contributed by atoms with Gasteiger partial charge in [-0.25, -0.2) is 0 Å². The fourth-order valence-electron chi connectivity index (χ4n) is 0.572. The smallest absolute Gasteiger partial charge is 0.303 e. The van der Waals surface area contributed by atoms with Gasteiger partial charge in [0.25, 0.3) is 0 Å². The lowest BCUT2D eigenvalue weighted by Gasteiger charge is -2.22. The van der Waals surface area contributed by atoms with Gasteiger partial charge in [-0.2, -0.15) is 17.6 Å². The summed E-state index contributed by atoms with van der Waals surface area (Å²) >= 11 is 14.5. The molecule has 0 bridgehead atoms. The molecule has 0 N–H and O–H groups in total.